The van der Waals surface area contributed by atoms with Gasteiger partial charge in [0.2, 0.25) is 0 Å². The first-order chi connectivity index (χ1) is 12.1. The fraction of sp³-hybridized carbons (Fsp3) is 0.278. The number of carbonyl (C=O) groups excluding carboxylic acids is 1. The van der Waals surface area contributed by atoms with Crippen molar-refractivity contribution in [3.8, 4) is 11.5 Å². The van der Waals surface area contributed by atoms with Crippen molar-refractivity contribution in [1.82, 2.24) is 4.90 Å². The topological polar surface area (TPSA) is 81.9 Å². The number of carbonyl (C=O) groups is 1. The summed E-state index contributed by atoms with van der Waals surface area (Å²) in [7, 11) is 1.61. The molecule has 7 nitrogen and oxygen atoms in total. The molecule has 0 aliphatic carbocycles. The number of likely N-dealkylation sites (tertiary alicyclic amines) is 1. The van der Waals surface area contributed by atoms with E-state index in [1.807, 2.05) is 24.3 Å². The lowest BCUT2D eigenvalue weighted by Crippen LogP contribution is -2.30. The number of methoxy groups -OCH3 is 1. The highest BCUT2D eigenvalue weighted by atomic mass is 16.6. The molecule has 7 heteroatoms. The van der Waals surface area contributed by atoms with Crippen molar-refractivity contribution in [2.24, 2.45) is 0 Å². The molecule has 0 spiro atoms. The van der Waals surface area contributed by atoms with Crippen LogP contribution in [0.4, 0.5) is 5.69 Å². The van der Waals surface area contributed by atoms with Gasteiger partial charge in [-0.05, 0) is 36.4 Å². The van der Waals surface area contributed by atoms with Crippen molar-refractivity contribution in [3.05, 3.63) is 64.2 Å². The van der Waals surface area contributed by atoms with Gasteiger partial charge in [-0.15, -0.1) is 0 Å². The molecule has 1 saturated heterocycles. The van der Waals surface area contributed by atoms with Crippen LogP contribution in [-0.2, 0) is 0 Å². The van der Waals surface area contributed by atoms with Gasteiger partial charge >= 0.3 is 0 Å². The Morgan fingerprint density at radius 1 is 1.12 bits per heavy atom. The van der Waals surface area contributed by atoms with E-state index in [-0.39, 0.29) is 17.7 Å². The highest BCUT2D eigenvalue weighted by Gasteiger charge is 2.28. The summed E-state index contributed by atoms with van der Waals surface area (Å²) in [4.78, 5) is 24.4. The zero-order valence-corrected chi connectivity index (χ0v) is 13.8. The molecule has 0 aromatic heterocycles. The quantitative estimate of drug-likeness (QED) is 0.616. The van der Waals surface area contributed by atoms with Gasteiger partial charge in [-0.2, -0.15) is 0 Å². The van der Waals surface area contributed by atoms with Gasteiger partial charge in [0, 0.05) is 30.7 Å². The summed E-state index contributed by atoms with van der Waals surface area (Å²) in [5.41, 5.74) is 0.411. The van der Waals surface area contributed by atoms with Crippen LogP contribution in [0.1, 0.15) is 16.8 Å². The van der Waals surface area contributed by atoms with E-state index in [2.05, 4.69) is 0 Å². The van der Waals surface area contributed by atoms with E-state index < -0.39 is 4.92 Å². The number of benzene rings is 2. The molecule has 1 amide bonds. The van der Waals surface area contributed by atoms with Gasteiger partial charge in [0.15, 0.2) is 0 Å². The molecule has 0 bridgehead atoms. The minimum Gasteiger partial charge on any atom is -0.497 e. The summed E-state index contributed by atoms with van der Waals surface area (Å²) < 4.78 is 11.0. The standard InChI is InChI=1S/C18H18N2O5/c1-24-15-6-8-16(9-7-15)25-17-10-11-19(12-17)18(21)13-2-4-14(5-3-13)20(22)23/h2-9,17H,10-12H2,1H3. The van der Waals surface area contributed by atoms with E-state index in [9.17, 15) is 14.9 Å². The van der Waals surface area contributed by atoms with E-state index in [1.54, 1.807) is 12.0 Å². The summed E-state index contributed by atoms with van der Waals surface area (Å²) in [5, 5.41) is 10.7. The summed E-state index contributed by atoms with van der Waals surface area (Å²) in [6.45, 7) is 1.08. The second-order valence-electron chi connectivity index (χ2n) is 5.76. The van der Waals surface area contributed by atoms with Crippen LogP contribution >= 0.6 is 0 Å². The SMILES string of the molecule is COc1ccc(OC2CCN(C(=O)c3ccc([N+](=O)[O-])cc3)C2)cc1. The van der Waals surface area contributed by atoms with E-state index in [1.165, 1.54) is 24.3 Å². The molecule has 0 radical (unpaired) electrons. The molecule has 3 rings (SSSR count). The van der Waals surface area contributed by atoms with Crippen LogP contribution in [-0.4, -0.2) is 42.0 Å². The molecule has 25 heavy (non-hydrogen) atoms. The van der Waals surface area contributed by atoms with Crippen LogP contribution in [0.25, 0.3) is 0 Å². The molecule has 1 unspecified atom stereocenters. The predicted molar refractivity (Wildman–Crippen MR) is 91.0 cm³/mol. The Bertz CT molecular complexity index is 758. The minimum atomic E-state index is -0.483. The smallest absolute Gasteiger partial charge is 0.269 e. The third-order valence-electron chi connectivity index (χ3n) is 4.12. The summed E-state index contributed by atoms with van der Waals surface area (Å²) in [6, 6.07) is 13.0. The first kappa shape index (κ1) is 16.8. The summed E-state index contributed by atoms with van der Waals surface area (Å²) in [6.07, 6.45) is 0.667. The number of rotatable bonds is 5. The summed E-state index contributed by atoms with van der Waals surface area (Å²) >= 11 is 0. The van der Waals surface area contributed by atoms with Crippen LogP contribution < -0.4 is 9.47 Å². The number of hydrogen-bond acceptors (Lipinski definition) is 5. The molecule has 2 aromatic rings. The van der Waals surface area contributed by atoms with Gasteiger partial charge < -0.3 is 14.4 Å². The molecule has 1 heterocycles. The predicted octanol–water partition coefficient (Wildman–Crippen LogP) is 2.90. The third kappa shape index (κ3) is 3.88. The fourth-order valence-electron chi connectivity index (χ4n) is 2.76. The fourth-order valence-corrected chi connectivity index (χ4v) is 2.76. The van der Waals surface area contributed by atoms with Crippen molar-refractivity contribution in [2.45, 2.75) is 12.5 Å². The normalized spacial score (nSPS) is 16.5. The highest BCUT2D eigenvalue weighted by molar-refractivity contribution is 5.94. The molecule has 1 atom stereocenters. The largest absolute Gasteiger partial charge is 0.497 e. The van der Waals surface area contributed by atoms with Gasteiger partial charge in [-0.3, -0.25) is 14.9 Å². The van der Waals surface area contributed by atoms with E-state index in [0.717, 1.165) is 17.9 Å². The number of nitro groups is 1. The van der Waals surface area contributed by atoms with Crippen LogP contribution in [0, 0.1) is 10.1 Å². The number of nitro benzene ring substituents is 1. The van der Waals surface area contributed by atoms with Crippen LogP contribution in [0.2, 0.25) is 0 Å². The Hall–Kier alpha value is -3.09. The first-order valence-corrected chi connectivity index (χ1v) is 7.91. The Morgan fingerprint density at radius 2 is 1.76 bits per heavy atom. The van der Waals surface area contributed by atoms with Crippen molar-refractivity contribution in [3.63, 3.8) is 0 Å². The molecule has 2 aromatic carbocycles. The number of ether oxygens (including phenoxy) is 2. The Balaban J connectivity index is 1.59. The number of nitrogens with zero attached hydrogens (tertiary/aromatic N) is 2. The maximum atomic E-state index is 12.5. The van der Waals surface area contributed by atoms with E-state index >= 15 is 0 Å². The molecule has 1 aliphatic heterocycles. The lowest BCUT2D eigenvalue weighted by molar-refractivity contribution is -0.384. The van der Waals surface area contributed by atoms with E-state index in [0.29, 0.717) is 18.7 Å². The van der Waals surface area contributed by atoms with Crippen LogP contribution in [0.15, 0.2) is 48.5 Å². The molecule has 0 saturated carbocycles. The molecule has 0 N–H and O–H groups in total. The van der Waals surface area contributed by atoms with Gasteiger partial charge in [0.1, 0.15) is 17.6 Å². The van der Waals surface area contributed by atoms with E-state index in [4.69, 9.17) is 9.47 Å². The van der Waals surface area contributed by atoms with Crippen molar-refractivity contribution < 1.29 is 19.2 Å². The van der Waals surface area contributed by atoms with Gasteiger partial charge in [-0.25, -0.2) is 0 Å². The average molecular weight is 342 g/mol. The number of hydrogen-bond donors (Lipinski definition) is 0. The zero-order chi connectivity index (χ0) is 17.8. The first-order valence-electron chi connectivity index (χ1n) is 7.91. The Kier molecular flexibility index (Phi) is 4.83. The zero-order valence-electron chi connectivity index (χ0n) is 13.8. The minimum absolute atomic E-state index is 0.0290. The lowest BCUT2D eigenvalue weighted by atomic mass is 10.2. The Labute approximate surface area is 144 Å². The van der Waals surface area contributed by atoms with Crippen molar-refractivity contribution >= 4 is 11.6 Å². The number of amides is 1. The van der Waals surface area contributed by atoms with Crippen LogP contribution in [0.5, 0.6) is 11.5 Å². The lowest BCUT2D eigenvalue weighted by Gasteiger charge is -2.17. The van der Waals surface area contributed by atoms with Gasteiger partial charge in [-0.1, -0.05) is 0 Å². The highest BCUT2D eigenvalue weighted by Crippen LogP contribution is 2.23. The molecule has 130 valence electrons. The Morgan fingerprint density at radius 3 is 2.36 bits per heavy atom. The maximum Gasteiger partial charge on any atom is 0.269 e. The van der Waals surface area contributed by atoms with Crippen molar-refractivity contribution in [2.75, 3.05) is 20.2 Å². The van der Waals surface area contributed by atoms with Gasteiger partial charge in [0.25, 0.3) is 11.6 Å². The average Bonchev–Trinajstić information content (AvgIpc) is 3.10. The maximum absolute atomic E-state index is 12.5. The molecular weight excluding hydrogens is 324 g/mol. The van der Waals surface area contributed by atoms with Gasteiger partial charge in [0.05, 0.1) is 18.6 Å². The summed E-state index contributed by atoms with van der Waals surface area (Å²) in [5.74, 6) is 1.35. The second-order valence-corrected chi connectivity index (χ2v) is 5.76. The van der Waals surface area contributed by atoms with Crippen molar-refractivity contribution in [1.29, 1.82) is 0 Å². The third-order valence-corrected chi connectivity index (χ3v) is 4.12. The second kappa shape index (κ2) is 7.21. The molecule has 1 fully saturated rings. The monoisotopic (exact) mass is 342 g/mol. The van der Waals surface area contributed by atoms with Crippen LogP contribution in [0.3, 0.4) is 0 Å². The number of non-ortho nitro benzene ring substituents is 1. The molecular formula is C18H18N2O5. The molecule has 1 aliphatic rings.